The topological polar surface area (TPSA) is 13.0 Å². The molecule has 1 aromatic rings. The second-order valence-electron chi connectivity index (χ2n) is 4.64. The van der Waals surface area contributed by atoms with E-state index in [1.54, 1.807) is 0 Å². The average molecular weight is 272 g/mol. The van der Waals surface area contributed by atoms with E-state index in [0.717, 1.165) is 13.1 Å². The molecule has 1 aromatic heterocycles. The molecule has 0 spiro atoms. The minimum atomic E-state index is 0.884. The molecule has 2 aliphatic rings. The molecule has 0 aromatic carbocycles. The second kappa shape index (κ2) is 5.17. The lowest BCUT2D eigenvalue weighted by Crippen LogP contribution is -2.15. The van der Waals surface area contributed by atoms with Crippen molar-refractivity contribution < 1.29 is 0 Å². The molecule has 2 aliphatic heterocycles. The summed E-state index contributed by atoms with van der Waals surface area (Å²) in [5.41, 5.74) is 0. The Morgan fingerprint density at radius 3 is 1.68 bits per heavy atom. The van der Waals surface area contributed by atoms with Crippen molar-refractivity contribution in [3.05, 3.63) is 60.0 Å². The maximum absolute atomic E-state index is 3.21. The zero-order chi connectivity index (χ0) is 13.2. The molecule has 3 heterocycles. The van der Waals surface area contributed by atoms with Gasteiger partial charge >= 0.3 is 0 Å². The fraction of sp³-hybridized carbons (Fsp3) is 0.286. The van der Waals surface area contributed by atoms with Gasteiger partial charge in [0.2, 0.25) is 13.3 Å². The van der Waals surface area contributed by atoms with Gasteiger partial charge < -0.3 is 19.6 Å². The van der Waals surface area contributed by atoms with E-state index in [1.807, 2.05) is 60.0 Å². The first-order chi connectivity index (χ1) is 9.19. The molecular weight excluding hydrogens is 256 g/mol. The Kier molecular flexibility index (Phi) is 3.38. The largest absolute Gasteiger partial charge is 0.349 e. The fourth-order valence-electron chi connectivity index (χ4n) is 2.00. The Morgan fingerprint density at radius 2 is 1.32 bits per heavy atom. The van der Waals surface area contributed by atoms with E-state index < -0.39 is 0 Å². The SMILES string of the molecule is CN1[C]N(Cc2ccc(CN3[C]N(C)C=C3)s2)C=C1. The van der Waals surface area contributed by atoms with Gasteiger partial charge in [0, 0.05) is 48.6 Å². The highest BCUT2D eigenvalue weighted by molar-refractivity contribution is 7.11. The Morgan fingerprint density at radius 1 is 0.842 bits per heavy atom. The van der Waals surface area contributed by atoms with Crippen LogP contribution in [-0.4, -0.2) is 33.7 Å². The van der Waals surface area contributed by atoms with Crippen LogP contribution in [-0.2, 0) is 13.1 Å². The summed E-state index contributed by atoms with van der Waals surface area (Å²) in [4.78, 5) is 10.7. The highest BCUT2D eigenvalue weighted by Gasteiger charge is 2.14. The number of hydrogen-bond acceptors (Lipinski definition) is 5. The van der Waals surface area contributed by atoms with Crippen molar-refractivity contribution in [2.75, 3.05) is 14.1 Å². The van der Waals surface area contributed by atoms with Crippen LogP contribution in [0.2, 0.25) is 0 Å². The van der Waals surface area contributed by atoms with Gasteiger partial charge in [-0.05, 0) is 12.1 Å². The molecule has 0 amide bonds. The zero-order valence-electron chi connectivity index (χ0n) is 11.1. The van der Waals surface area contributed by atoms with Gasteiger partial charge in [-0.2, -0.15) is 0 Å². The number of nitrogens with zero attached hydrogens (tertiary/aromatic N) is 4. The lowest BCUT2D eigenvalue weighted by molar-refractivity contribution is 0.376. The van der Waals surface area contributed by atoms with E-state index in [1.165, 1.54) is 9.75 Å². The Hall–Kier alpha value is -1.62. The first-order valence-corrected chi connectivity index (χ1v) is 6.96. The molecule has 4 radical (unpaired) electrons. The Balaban J connectivity index is 1.55. The first kappa shape index (κ1) is 12.4. The maximum atomic E-state index is 3.21. The smallest absolute Gasteiger partial charge is 0.207 e. The molecule has 0 unspecified atom stereocenters. The molecule has 0 saturated heterocycles. The van der Waals surface area contributed by atoms with Crippen LogP contribution in [0.15, 0.2) is 36.9 Å². The van der Waals surface area contributed by atoms with Gasteiger partial charge in [0.25, 0.3) is 0 Å². The van der Waals surface area contributed by atoms with Crippen molar-refractivity contribution in [1.29, 1.82) is 0 Å². The van der Waals surface area contributed by atoms with Crippen LogP contribution in [0.1, 0.15) is 9.75 Å². The van der Waals surface area contributed by atoms with E-state index in [0.29, 0.717) is 0 Å². The normalized spacial score (nSPS) is 18.2. The fourth-order valence-corrected chi connectivity index (χ4v) is 3.02. The minimum absolute atomic E-state index is 0.884. The number of thiophene rings is 1. The Labute approximate surface area is 118 Å². The highest BCUT2D eigenvalue weighted by atomic mass is 32.1. The van der Waals surface area contributed by atoms with Crippen molar-refractivity contribution in [3.8, 4) is 0 Å². The van der Waals surface area contributed by atoms with Crippen LogP contribution < -0.4 is 0 Å². The molecule has 0 saturated carbocycles. The predicted molar refractivity (Wildman–Crippen MR) is 75.7 cm³/mol. The van der Waals surface area contributed by atoms with Gasteiger partial charge in [-0.25, -0.2) is 0 Å². The first-order valence-electron chi connectivity index (χ1n) is 6.15. The standard InChI is InChI=1S/C14H16N4S/c1-15-5-7-17(11-15)9-13-3-4-14(19-13)10-18-8-6-16(2)12-18/h3-8H,9-10H2,1-2H3. The van der Waals surface area contributed by atoms with Crippen molar-refractivity contribution in [1.82, 2.24) is 19.6 Å². The molecule has 0 N–H and O–H groups in total. The van der Waals surface area contributed by atoms with Crippen molar-refractivity contribution in [2.24, 2.45) is 0 Å². The summed E-state index contributed by atoms with van der Waals surface area (Å²) >= 11 is 1.84. The predicted octanol–water partition coefficient (Wildman–Crippen LogP) is 2.18. The van der Waals surface area contributed by atoms with Crippen LogP contribution in [0.25, 0.3) is 0 Å². The third kappa shape index (κ3) is 3.04. The highest BCUT2D eigenvalue weighted by Crippen LogP contribution is 2.23. The van der Waals surface area contributed by atoms with E-state index in [2.05, 4.69) is 35.3 Å². The van der Waals surface area contributed by atoms with Crippen molar-refractivity contribution in [2.45, 2.75) is 13.1 Å². The average Bonchev–Trinajstić information content (AvgIpc) is 3.05. The van der Waals surface area contributed by atoms with Crippen molar-refractivity contribution >= 4 is 11.3 Å². The lowest BCUT2D eigenvalue weighted by Gasteiger charge is -2.15. The van der Waals surface area contributed by atoms with Gasteiger partial charge in [-0.3, -0.25) is 0 Å². The summed E-state index contributed by atoms with van der Waals surface area (Å²) in [5, 5.41) is 0. The molecule has 98 valence electrons. The summed E-state index contributed by atoms with van der Waals surface area (Å²) < 4.78 is 0. The monoisotopic (exact) mass is 272 g/mol. The van der Waals surface area contributed by atoms with Gasteiger partial charge in [0.05, 0.1) is 13.1 Å². The van der Waals surface area contributed by atoms with E-state index >= 15 is 0 Å². The van der Waals surface area contributed by atoms with Gasteiger partial charge in [0.15, 0.2) is 0 Å². The second-order valence-corrected chi connectivity index (χ2v) is 5.89. The Bertz CT molecular complexity index is 451. The summed E-state index contributed by atoms with van der Waals surface area (Å²) in [5.74, 6) is 0. The van der Waals surface area contributed by atoms with Crippen LogP contribution in [0.5, 0.6) is 0 Å². The summed E-state index contributed by atoms with van der Waals surface area (Å²) in [6, 6.07) is 4.38. The zero-order valence-corrected chi connectivity index (χ0v) is 11.9. The number of hydrogen-bond donors (Lipinski definition) is 0. The molecule has 0 atom stereocenters. The quantitative estimate of drug-likeness (QED) is 0.833. The summed E-state index contributed by atoms with van der Waals surface area (Å²) in [6.07, 6.45) is 8.09. The summed E-state index contributed by atoms with van der Waals surface area (Å²) in [6.45, 7) is 8.19. The lowest BCUT2D eigenvalue weighted by atomic mass is 10.4. The van der Waals surface area contributed by atoms with Crippen LogP contribution in [0, 0.1) is 13.3 Å². The number of rotatable bonds is 4. The maximum Gasteiger partial charge on any atom is 0.207 e. The molecule has 19 heavy (non-hydrogen) atoms. The molecule has 0 bridgehead atoms. The van der Waals surface area contributed by atoms with Gasteiger partial charge in [-0.15, -0.1) is 11.3 Å². The minimum Gasteiger partial charge on any atom is -0.349 e. The third-order valence-electron chi connectivity index (χ3n) is 2.88. The molecular formula is C14H16N4S. The molecule has 0 aliphatic carbocycles. The molecule has 0 fully saturated rings. The van der Waals surface area contributed by atoms with Crippen molar-refractivity contribution in [3.63, 3.8) is 0 Å². The van der Waals surface area contributed by atoms with Crippen LogP contribution >= 0.6 is 11.3 Å². The molecule has 5 heteroatoms. The van der Waals surface area contributed by atoms with E-state index in [9.17, 15) is 0 Å². The van der Waals surface area contributed by atoms with E-state index in [4.69, 9.17) is 0 Å². The molecule has 3 rings (SSSR count). The summed E-state index contributed by atoms with van der Waals surface area (Å²) in [7, 11) is 3.97. The van der Waals surface area contributed by atoms with E-state index in [-0.39, 0.29) is 0 Å². The van der Waals surface area contributed by atoms with Crippen LogP contribution in [0.3, 0.4) is 0 Å². The van der Waals surface area contributed by atoms with Crippen LogP contribution in [0.4, 0.5) is 0 Å². The van der Waals surface area contributed by atoms with Gasteiger partial charge in [-0.1, -0.05) is 0 Å². The van der Waals surface area contributed by atoms with Gasteiger partial charge in [0.1, 0.15) is 0 Å². The molecule has 4 nitrogen and oxygen atoms in total. The third-order valence-corrected chi connectivity index (χ3v) is 3.94.